The summed E-state index contributed by atoms with van der Waals surface area (Å²) in [6.45, 7) is 4.74. The number of nitrogens with one attached hydrogen (secondary N) is 1. The fourth-order valence-electron chi connectivity index (χ4n) is 3.09. The van der Waals surface area contributed by atoms with Crippen LogP contribution in [0.3, 0.4) is 0 Å². The summed E-state index contributed by atoms with van der Waals surface area (Å²) in [6, 6.07) is 13.7. The maximum atomic E-state index is 12.5. The van der Waals surface area contributed by atoms with Crippen molar-refractivity contribution in [2.75, 3.05) is 33.3 Å². The number of amides is 2. The molecule has 0 bridgehead atoms. The number of carbonyl (C=O) groups excluding carboxylic acids is 1. The van der Waals surface area contributed by atoms with Crippen LogP contribution in [-0.2, 0) is 13.1 Å². The lowest BCUT2D eigenvalue weighted by Crippen LogP contribution is -2.41. The number of rotatable bonds is 5. The third-order valence-corrected chi connectivity index (χ3v) is 4.59. The van der Waals surface area contributed by atoms with E-state index < -0.39 is 0 Å². The minimum Gasteiger partial charge on any atom is -0.497 e. The van der Waals surface area contributed by atoms with Crippen LogP contribution in [0.4, 0.5) is 4.79 Å². The monoisotopic (exact) mass is 354 g/mol. The summed E-state index contributed by atoms with van der Waals surface area (Å²) in [5, 5.41) is 3.01. The molecule has 1 saturated heterocycles. The number of benzene rings is 1. The molecule has 1 aliphatic rings. The molecule has 26 heavy (non-hydrogen) atoms. The number of ether oxygens (including phenoxy) is 1. The van der Waals surface area contributed by atoms with Crippen molar-refractivity contribution in [3.05, 3.63) is 59.9 Å². The van der Waals surface area contributed by atoms with Crippen molar-refractivity contribution in [3.63, 3.8) is 0 Å². The smallest absolute Gasteiger partial charge is 0.317 e. The second kappa shape index (κ2) is 9.20. The molecular weight excluding hydrogens is 328 g/mol. The lowest BCUT2D eigenvalue weighted by molar-refractivity contribution is 0.197. The molecule has 1 aliphatic heterocycles. The van der Waals surface area contributed by atoms with E-state index in [2.05, 4.69) is 15.2 Å². The highest BCUT2D eigenvalue weighted by molar-refractivity contribution is 5.74. The Morgan fingerprint density at radius 1 is 1.12 bits per heavy atom. The van der Waals surface area contributed by atoms with Crippen LogP contribution in [0.2, 0.25) is 0 Å². The number of methoxy groups -OCH3 is 1. The Labute approximate surface area is 154 Å². The Morgan fingerprint density at radius 2 is 1.96 bits per heavy atom. The van der Waals surface area contributed by atoms with Gasteiger partial charge in [0.2, 0.25) is 0 Å². The summed E-state index contributed by atoms with van der Waals surface area (Å²) < 4.78 is 5.15. The predicted molar refractivity (Wildman–Crippen MR) is 101 cm³/mol. The molecule has 1 aromatic heterocycles. The molecule has 2 heterocycles. The number of carbonyl (C=O) groups is 1. The van der Waals surface area contributed by atoms with Crippen molar-refractivity contribution in [1.82, 2.24) is 20.1 Å². The topological polar surface area (TPSA) is 57.7 Å². The average Bonchev–Trinajstić information content (AvgIpc) is 2.93. The van der Waals surface area contributed by atoms with E-state index in [9.17, 15) is 4.79 Å². The first kappa shape index (κ1) is 18.2. The molecule has 0 spiro atoms. The van der Waals surface area contributed by atoms with Crippen LogP contribution in [0.25, 0.3) is 0 Å². The maximum Gasteiger partial charge on any atom is 0.317 e. The third-order valence-electron chi connectivity index (χ3n) is 4.59. The Balaban J connectivity index is 1.46. The summed E-state index contributed by atoms with van der Waals surface area (Å²) >= 11 is 0. The lowest BCUT2D eigenvalue weighted by atomic mass is 10.2. The van der Waals surface area contributed by atoms with Gasteiger partial charge in [0.25, 0.3) is 0 Å². The van der Waals surface area contributed by atoms with Gasteiger partial charge in [0.1, 0.15) is 5.75 Å². The first-order chi connectivity index (χ1) is 12.7. The van der Waals surface area contributed by atoms with E-state index in [0.717, 1.165) is 56.2 Å². The molecular formula is C20H26N4O2. The molecule has 0 radical (unpaired) electrons. The molecule has 6 heteroatoms. The van der Waals surface area contributed by atoms with Gasteiger partial charge >= 0.3 is 6.03 Å². The Bertz CT molecular complexity index is 691. The van der Waals surface area contributed by atoms with E-state index in [1.807, 2.05) is 53.6 Å². The third kappa shape index (κ3) is 5.20. The van der Waals surface area contributed by atoms with Crippen LogP contribution < -0.4 is 10.1 Å². The molecule has 6 nitrogen and oxygen atoms in total. The number of urea groups is 1. The van der Waals surface area contributed by atoms with Crippen LogP contribution in [0, 0.1) is 0 Å². The number of hydrogen-bond acceptors (Lipinski definition) is 4. The largest absolute Gasteiger partial charge is 0.497 e. The standard InChI is InChI=1S/C20H26N4O2/c1-26-19-8-6-17(7-9-19)15-22-20(25)24-12-4-11-23(13-14-24)16-18-5-2-3-10-21-18/h2-3,5-10H,4,11-16H2,1H3,(H,22,25). The van der Waals surface area contributed by atoms with Gasteiger partial charge in [-0.25, -0.2) is 4.79 Å². The Hall–Kier alpha value is -2.60. The fraction of sp³-hybridized carbons (Fsp3) is 0.400. The van der Waals surface area contributed by atoms with Crippen molar-refractivity contribution in [2.24, 2.45) is 0 Å². The molecule has 0 unspecified atom stereocenters. The lowest BCUT2D eigenvalue weighted by Gasteiger charge is -2.22. The van der Waals surface area contributed by atoms with Gasteiger partial charge in [-0.2, -0.15) is 0 Å². The van der Waals surface area contributed by atoms with Crippen LogP contribution in [-0.4, -0.2) is 54.1 Å². The summed E-state index contributed by atoms with van der Waals surface area (Å²) in [6.07, 6.45) is 2.80. The summed E-state index contributed by atoms with van der Waals surface area (Å²) in [5.74, 6) is 0.820. The van der Waals surface area contributed by atoms with Gasteiger partial charge in [0.05, 0.1) is 12.8 Å². The maximum absolute atomic E-state index is 12.5. The molecule has 3 rings (SSSR count). The zero-order chi connectivity index (χ0) is 18.2. The number of hydrogen-bond donors (Lipinski definition) is 1. The molecule has 2 aromatic rings. The molecule has 0 saturated carbocycles. The van der Waals surface area contributed by atoms with Crippen molar-refractivity contribution in [3.8, 4) is 5.75 Å². The second-order valence-electron chi connectivity index (χ2n) is 6.44. The van der Waals surface area contributed by atoms with Gasteiger partial charge in [-0.05, 0) is 36.2 Å². The molecule has 2 amide bonds. The van der Waals surface area contributed by atoms with Crippen molar-refractivity contribution >= 4 is 6.03 Å². The quantitative estimate of drug-likeness (QED) is 0.896. The van der Waals surface area contributed by atoms with E-state index in [1.165, 1.54) is 0 Å². The summed E-state index contributed by atoms with van der Waals surface area (Å²) in [5.41, 5.74) is 2.13. The van der Waals surface area contributed by atoms with Crippen molar-refractivity contribution < 1.29 is 9.53 Å². The number of aromatic nitrogens is 1. The first-order valence-electron chi connectivity index (χ1n) is 9.02. The van der Waals surface area contributed by atoms with Crippen LogP contribution >= 0.6 is 0 Å². The highest BCUT2D eigenvalue weighted by Crippen LogP contribution is 2.11. The molecule has 138 valence electrons. The zero-order valence-corrected chi connectivity index (χ0v) is 15.2. The molecule has 1 N–H and O–H groups in total. The molecule has 0 aliphatic carbocycles. The van der Waals surface area contributed by atoms with E-state index in [1.54, 1.807) is 7.11 Å². The fourth-order valence-corrected chi connectivity index (χ4v) is 3.09. The predicted octanol–water partition coefficient (Wildman–Crippen LogP) is 2.51. The minimum absolute atomic E-state index is 0.000467. The Kier molecular flexibility index (Phi) is 6.44. The number of nitrogens with zero attached hydrogens (tertiary/aromatic N) is 3. The van der Waals surface area contributed by atoms with Gasteiger partial charge in [-0.3, -0.25) is 9.88 Å². The van der Waals surface area contributed by atoms with Crippen molar-refractivity contribution in [2.45, 2.75) is 19.5 Å². The van der Waals surface area contributed by atoms with Gasteiger partial charge in [0.15, 0.2) is 0 Å². The summed E-state index contributed by atoms with van der Waals surface area (Å²) in [7, 11) is 1.65. The zero-order valence-electron chi connectivity index (χ0n) is 15.2. The van der Waals surface area contributed by atoms with E-state index >= 15 is 0 Å². The van der Waals surface area contributed by atoms with Crippen LogP contribution in [0.5, 0.6) is 5.75 Å². The van der Waals surface area contributed by atoms with Gasteiger partial charge in [-0.1, -0.05) is 18.2 Å². The van der Waals surface area contributed by atoms with Gasteiger partial charge < -0.3 is 15.0 Å². The van der Waals surface area contributed by atoms with Crippen LogP contribution in [0.15, 0.2) is 48.7 Å². The second-order valence-corrected chi connectivity index (χ2v) is 6.44. The summed E-state index contributed by atoms with van der Waals surface area (Å²) in [4.78, 5) is 21.1. The Morgan fingerprint density at radius 3 is 2.69 bits per heavy atom. The van der Waals surface area contributed by atoms with Crippen LogP contribution in [0.1, 0.15) is 17.7 Å². The molecule has 1 aromatic carbocycles. The normalized spacial score (nSPS) is 15.3. The first-order valence-corrected chi connectivity index (χ1v) is 9.02. The molecule has 0 atom stereocenters. The van der Waals surface area contributed by atoms with Crippen molar-refractivity contribution in [1.29, 1.82) is 0 Å². The van der Waals surface area contributed by atoms with E-state index in [0.29, 0.717) is 6.54 Å². The van der Waals surface area contributed by atoms with E-state index in [-0.39, 0.29) is 6.03 Å². The average molecular weight is 354 g/mol. The highest BCUT2D eigenvalue weighted by Gasteiger charge is 2.19. The van der Waals surface area contributed by atoms with Gasteiger partial charge in [0, 0.05) is 45.5 Å². The highest BCUT2D eigenvalue weighted by atomic mass is 16.5. The SMILES string of the molecule is COc1ccc(CNC(=O)N2CCCN(Cc3ccccn3)CC2)cc1. The molecule has 1 fully saturated rings. The number of pyridine rings is 1. The minimum atomic E-state index is 0.000467. The van der Waals surface area contributed by atoms with E-state index in [4.69, 9.17) is 4.74 Å². The van der Waals surface area contributed by atoms with Gasteiger partial charge in [-0.15, -0.1) is 0 Å².